The molecule has 19 heavy (non-hydrogen) atoms. The molecule has 0 aliphatic carbocycles. The zero-order valence-corrected chi connectivity index (χ0v) is 12.6. The number of ether oxygens (including phenoxy) is 2. The smallest absolute Gasteiger partial charge is 0.245 e. The van der Waals surface area contributed by atoms with Gasteiger partial charge in [-0.05, 0) is 39.3 Å². The molecule has 0 bridgehead atoms. The summed E-state index contributed by atoms with van der Waals surface area (Å²) in [5, 5.41) is 5.26. The normalized spacial score (nSPS) is 12.3. The van der Waals surface area contributed by atoms with E-state index in [1.165, 1.54) is 0 Å². The summed E-state index contributed by atoms with van der Waals surface area (Å²) >= 11 is 0. The lowest BCUT2D eigenvalue weighted by Gasteiger charge is -2.23. The third-order valence-corrected chi connectivity index (χ3v) is 3.08. The topological polar surface area (TPSA) is 78.6 Å². The first-order valence-corrected chi connectivity index (χ1v) is 7.67. The first kappa shape index (κ1) is 15.8. The van der Waals surface area contributed by atoms with E-state index in [9.17, 15) is 8.42 Å². The molecule has 2 N–H and O–H groups in total. The number of nitrogens with two attached hydrogens (primary N) is 1. The van der Waals surface area contributed by atoms with Crippen molar-refractivity contribution in [2.45, 2.75) is 44.6 Å². The van der Waals surface area contributed by atoms with Crippen molar-refractivity contribution < 1.29 is 17.9 Å². The lowest BCUT2D eigenvalue weighted by molar-refractivity contribution is 0.125. The van der Waals surface area contributed by atoms with Gasteiger partial charge in [-0.15, -0.1) is 0 Å². The predicted molar refractivity (Wildman–Crippen MR) is 74.0 cm³/mol. The van der Waals surface area contributed by atoms with Crippen LogP contribution < -0.4 is 14.6 Å². The van der Waals surface area contributed by atoms with Crippen LogP contribution in [0.4, 0.5) is 0 Å². The number of hydrogen-bond acceptors (Lipinski definition) is 4. The van der Waals surface area contributed by atoms with Gasteiger partial charge in [0.15, 0.2) is 4.90 Å². The minimum Gasteiger partial charge on any atom is -0.492 e. The summed E-state index contributed by atoms with van der Waals surface area (Å²) in [4.78, 5) is -0.0987. The summed E-state index contributed by atoms with van der Waals surface area (Å²) in [6.45, 7) is 7.85. The van der Waals surface area contributed by atoms with Crippen LogP contribution >= 0.6 is 0 Å². The summed E-state index contributed by atoms with van der Waals surface area (Å²) in [6.07, 6.45) is 0.772. The molecule has 1 rings (SSSR count). The molecule has 0 spiro atoms. The molecule has 0 aliphatic heterocycles. The zero-order valence-electron chi connectivity index (χ0n) is 11.8. The maximum absolute atomic E-state index is 11.7. The maximum Gasteiger partial charge on any atom is 0.245 e. The molecule has 1 aromatic rings. The van der Waals surface area contributed by atoms with Gasteiger partial charge in [0.2, 0.25) is 10.0 Å². The van der Waals surface area contributed by atoms with Crippen LogP contribution in [0.5, 0.6) is 11.5 Å². The van der Waals surface area contributed by atoms with Gasteiger partial charge in [-0.25, -0.2) is 13.6 Å². The molecular weight excluding hydrogens is 266 g/mol. The lowest BCUT2D eigenvalue weighted by atomic mass is 10.2. The van der Waals surface area contributed by atoms with Crippen LogP contribution in [0.3, 0.4) is 0 Å². The average Bonchev–Trinajstić information content (AvgIpc) is 2.22. The van der Waals surface area contributed by atoms with E-state index in [0.29, 0.717) is 6.61 Å². The fourth-order valence-electron chi connectivity index (χ4n) is 1.51. The molecule has 0 fully saturated rings. The molecule has 0 amide bonds. The fraction of sp³-hybridized carbons (Fsp3) is 0.538. The van der Waals surface area contributed by atoms with Crippen molar-refractivity contribution in [2.75, 3.05) is 6.61 Å². The lowest BCUT2D eigenvalue weighted by Crippen LogP contribution is -2.25. The van der Waals surface area contributed by atoms with Crippen molar-refractivity contribution >= 4 is 10.0 Å². The van der Waals surface area contributed by atoms with Crippen LogP contribution in [0.1, 0.15) is 34.1 Å². The third-order valence-electron chi connectivity index (χ3n) is 2.11. The van der Waals surface area contributed by atoms with Crippen molar-refractivity contribution in [1.29, 1.82) is 0 Å². The molecule has 0 saturated heterocycles. The Hall–Kier alpha value is -1.27. The van der Waals surface area contributed by atoms with Crippen molar-refractivity contribution in [2.24, 2.45) is 5.14 Å². The quantitative estimate of drug-likeness (QED) is 0.901. The van der Waals surface area contributed by atoms with E-state index in [1.807, 2.05) is 27.7 Å². The molecule has 0 heterocycles. The van der Waals surface area contributed by atoms with Gasteiger partial charge in [0.1, 0.15) is 17.1 Å². The number of hydrogen-bond donors (Lipinski definition) is 1. The first-order valence-electron chi connectivity index (χ1n) is 6.13. The predicted octanol–water partition coefficient (Wildman–Crippen LogP) is 2.30. The zero-order chi connectivity index (χ0) is 14.7. The van der Waals surface area contributed by atoms with Crippen LogP contribution in [0.25, 0.3) is 0 Å². The molecule has 1 aromatic carbocycles. The molecule has 0 radical (unpaired) electrons. The molecule has 0 atom stereocenters. The standard InChI is InChI=1S/C13H21NO4S/c1-5-9-17-10-7-6-8-11(18-13(2,3)4)12(10)19(14,15)16/h6-8H,5,9H2,1-4H3,(H2,14,15,16). The van der Waals surface area contributed by atoms with Gasteiger partial charge in [0, 0.05) is 0 Å². The Bertz CT molecular complexity index is 532. The molecular formula is C13H21NO4S. The Morgan fingerprint density at radius 1 is 1.21 bits per heavy atom. The minimum absolute atomic E-state index is 0.0987. The summed E-state index contributed by atoms with van der Waals surface area (Å²) in [7, 11) is -3.92. The third kappa shape index (κ3) is 4.72. The van der Waals surface area contributed by atoms with E-state index in [2.05, 4.69) is 0 Å². The molecule has 5 nitrogen and oxygen atoms in total. The van der Waals surface area contributed by atoms with E-state index in [1.54, 1.807) is 18.2 Å². The van der Waals surface area contributed by atoms with Gasteiger partial charge in [0.05, 0.1) is 6.61 Å². The van der Waals surface area contributed by atoms with Crippen molar-refractivity contribution in [3.8, 4) is 11.5 Å². The molecule has 0 aromatic heterocycles. The van der Waals surface area contributed by atoms with E-state index >= 15 is 0 Å². The second-order valence-corrected chi connectivity index (χ2v) is 6.69. The second kappa shape index (κ2) is 5.79. The largest absolute Gasteiger partial charge is 0.492 e. The highest BCUT2D eigenvalue weighted by Gasteiger charge is 2.24. The Morgan fingerprint density at radius 2 is 1.79 bits per heavy atom. The van der Waals surface area contributed by atoms with Crippen LogP contribution in [0, 0.1) is 0 Å². The van der Waals surface area contributed by atoms with Crippen molar-refractivity contribution in [1.82, 2.24) is 0 Å². The van der Waals surface area contributed by atoms with E-state index in [0.717, 1.165) is 6.42 Å². The summed E-state index contributed by atoms with van der Waals surface area (Å²) in [5.41, 5.74) is -0.525. The Balaban J connectivity index is 3.31. The highest BCUT2D eigenvalue weighted by molar-refractivity contribution is 7.89. The van der Waals surface area contributed by atoms with Gasteiger partial charge in [-0.2, -0.15) is 0 Å². The fourth-order valence-corrected chi connectivity index (χ4v) is 2.31. The van der Waals surface area contributed by atoms with E-state index < -0.39 is 15.6 Å². The molecule has 6 heteroatoms. The number of benzene rings is 1. The highest BCUT2D eigenvalue weighted by atomic mass is 32.2. The average molecular weight is 287 g/mol. The SMILES string of the molecule is CCCOc1cccc(OC(C)(C)C)c1S(N)(=O)=O. The van der Waals surface area contributed by atoms with Crippen LogP contribution in [0.2, 0.25) is 0 Å². The Kier molecular flexibility index (Phi) is 4.81. The maximum atomic E-state index is 11.7. The van der Waals surface area contributed by atoms with Crippen LogP contribution in [0.15, 0.2) is 23.1 Å². The van der Waals surface area contributed by atoms with Crippen LogP contribution in [-0.4, -0.2) is 20.6 Å². The van der Waals surface area contributed by atoms with Gasteiger partial charge in [0.25, 0.3) is 0 Å². The summed E-state index contributed by atoms with van der Waals surface area (Å²) in [5.74, 6) is 0.440. The molecule has 0 unspecified atom stereocenters. The minimum atomic E-state index is -3.92. The monoisotopic (exact) mass is 287 g/mol. The molecule has 0 saturated carbocycles. The van der Waals surface area contributed by atoms with Gasteiger partial charge >= 0.3 is 0 Å². The van der Waals surface area contributed by atoms with Crippen LogP contribution in [-0.2, 0) is 10.0 Å². The van der Waals surface area contributed by atoms with Gasteiger partial charge in [-0.1, -0.05) is 13.0 Å². The second-order valence-electron chi connectivity index (χ2n) is 5.19. The summed E-state index contributed by atoms with van der Waals surface area (Å²) < 4.78 is 34.6. The first-order chi connectivity index (χ1) is 8.65. The molecule has 0 aliphatic rings. The van der Waals surface area contributed by atoms with Gasteiger partial charge in [-0.3, -0.25) is 0 Å². The van der Waals surface area contributed by atoms with Crippen molar-refractivity contribution in [3.63, 3.8) is 0 Å². The number of primary sulfonamides is 1. The van der Waals surface area contributed by atoms with Gasteiger partial charge < -0.3 is 9.47 Å². The van der Waals surface area contributed by atoms with E-state index in [-0.39, 0.29) is 16.4 Å². The Morgan fingerprint density at radius 3 is 2.26 bits per heavy atom. The number of rotatable bonds is 5. The molecule has 108 valence electrons. The summed E-state index contributed by atoms with van der Waals surface area (Å²) in [6, 6.07) is 4.83. The van der Waals surface area contributed by atoms with Crippen molar-refractivity contribution in [3.05, 3.63) is 18.2 Å². The highest BCUT2D eigenvalue weighted by Crippen LogP contribution is 2.34. The number of sulfonamides is 1. The van der Waals surface area contributed by atoms with E-state index in [4.69, 9.17) is 14.6 Å². The Labute approximate surface area is 114 Å².